The molecule has 0 saturated heterocycles. The second kappa shape index (κ2) is 15.3. The van der Waals surface area contributed by atoms with Crippen molar-refractivity contribution in [3.8, 4) is 0 Å². The summed E-state index contributed by atoms with van der Waals surface area (Å²) in [5.41, 5.74) is 16.6. The first-order valence-corrected chi connectivity index (χ1v) is 11.0. The SMILES string of the molecule is NCCCCC(NC(=O)CN)C(=O)NC(Cc1ccccc1)C(=O)NC(CCC(N)=O)C(=O)O. The van der Waals surface area contributed by atoms with Crippen LogP contribution in [0.15, 0.2) is 30.3 Å². The van der Waals surface area contributed by atoms with Crippen LogP contribution in [0.2, 0.25) is 0 Å². The number of carboxylic acids is 1. The minimum Gasteiger partial charge on any atom is -0.480 e. The summed E-state index contributed by atoms with van der Waals surface area (Å²) in [7, 11) is 0. The molecule has 1 aromatic carbocycles. The molecule has 12 heteroatoms. The molecule has 0 aliphatic heterocycles. The van der Waals surface area contributed by atoms with Crippen molar-refractivity contribution in [2.45, 2.75) is 56.7 Å². The second-order valence-electron chi connectivity index (χ2n) is 7.76. The lowest BCUT2D eigenvalue weighted by atomic mass is 10.0. The average molecular weight is 479 g/mol. The first-order valence-electron chi connectivity index (χ1n) is 11.0. The van der Waals surface area contributed by atoms with Crippen molar-refractivity contribution in [1.29, 1.82) is 0 Å². The molecule has 0 aliphatic rings. The Bertz CT molecular complexity index is 834. The number of amides is 4. The Morgan fingerprint density at radius 2 is 1.44 bits per heavy atom. The van der Waals surface area contributed by atoms with E-state index in [0.717, 1.165) is 5.56 Å². The molecule has 3 atom stereocenters. The van der Waals surface area contributed by atoms with Crippen LogP contribution in [-0.2, 0) is 30.4 Å². The highest BCUT2D eigenvalue weighted by atomic mass is 16.4. The van der Waals surface area contributed by atoms with E-state index < -0.39 is 47.7 Å². The van der Waals surface area contributed by atoms with Gasteiger partial charge < -0.3 is 38.3 Å². The summed E-state index contributed by atoms with van der Waals surface area (Å²) in [6, 6.07) is 5.36. The van der Waals surface area contributed by atoms with Crippen molar-refractivity contribution >= 4 is 29.6 Å². The van der Waals surface area contributed by atoms with Crippen LogP contribution in [0.5, 0.6) is 0 Å². The molecule has 0 saturated carbocycles. The highest BCUT2D eigenvalue weighted by molar-refractivity contribution is 5.93. The fourth-order valence-electron chi connectivity index (χ4n) is 3.16. The molecule has 10 N–H and O–H groups in total. The number of rotatable bonds is 16. The zero-order chi connectivity index (χ0) is 25.5. The predicted molar refractivity (Wildman–Crippen MR) is 124 cm³/mol. The van der Waals surface area contributed by atoms with Gasteiger partial charge in [0.05, 0.1) is 6.54 Å². The maximum Gasteiger partial charge on any atom is 0.326 e. The number of unbranched alkanes of at least 4 members (excludes halogenated alkanes) is 1. The van der Waals surface area contributed by atoms with Gasteiger partial charge in [0.25, 0.3) is 0 Å². The smallest absolute Gasteiger partial charge is 0.326 e. The maximum absolute atomic E-state index is 13.0. The third-order valence-corrected chi connectivity index (χ3v) is 4.99. The summed E-state index contributed by atoms with van der Waals surface area (Å²) in [6.45, 7) is 0.106. The summed E-state index contributed by atoms with van der Waals surface area (Å²) in [6.07, 6.45) is 1.11. The summed E-state index contributed by atoms with van der Waals surface area (Å²) < 4.78 is 0. The van der Waals surface area contributed by atoms with E-state index in [-0.39, 0.29) is 32.2 Å². The quantitative estimate of drug-likeness (QED) is 0.133. The van der Waals surface area contributed by atoms with Gasteiger partial charge in [0, 0.05) is 12.8 Å². The third kappa shape index (κ3) is 10.9. The Balaban J connectivity index is 3.05. The lowest BCUT2D eigenvalue weighted by molar-refractivity contribution is -0.142. The normalized spacial score (nSPS) is 13.2. The Morgan fingerprint density at radius 1 is 0.824 bits per heavy atom. The highest BCUT2D eigenvalue weighted by Crippen LogP contribution is 2.07. The molecule has 188 valence electrons. The van der Waals surface area contributed by atoms with Crippen molar-refractivity contribution in [2.24, 2.45) is 17.2 Å². The highest BCUT2D eigenvalue weighted by Gasteiger charge is 2.29. The number of nitrogens with one attached hydrogen (secondary N) is 3. The van der Waals surface area contributed by atoms with Crippen molar-refractivity contribution in [1.82, 2.24) is 16.0 Å². The third-order valence-electron chi connectivity index (χ3n) is 4.99. The molecule has 0 aromatic heterocycles. The molecule has 1 aromatic rings. The molecular formula is C22H34N6O6. The van der Waals surface area contributed by atoms with E-state index in [2.05, 4.69) is 16.0 Å². The van der Waals surface area contributed by atoms with Gasteiger partial charge in [-0.15, -0.1) is 0 Å². The fourth-order valence-corrected chi connectivity index (χ4v) is 3.16. The molecular weight excluding hydrogens is 444 g/mol. The molecule has 1 rings (SSSR count). The van der Waals surface area contributed by atoms with Gasteiger partial charge in [-0.1, -0.05) is 30.3 Å². The van der Waals surface area contributed by atoms with E-state index in [0.29, 0.717) is 19.4 Å². The van der Waals surface area contributed by atoms with Gasteiger partial charge in [-0.2, -0.15) is 0 Å². The van der Waals surface area contributed by atoms with Crippen LogP contribution in [0, 0.1) is 0 Å². The maximum atomic E-state index is 13.0. The molecule has 0 bridgehead atoms. The molecule has 3 unspecified atom stereocenters. The van der Waals surface area contributed by atoms with Crippen LogP contribution in [-0.4, -0.2) is 65.9 Å². The second-order valence-corrected chi connectivity index (χ2v) is 7.76. The number of aliphatic carboxylic acids is 1. The number of hydrogen-bond donors (Lipinski definition) is 7. The zero-order valence-electron chi connectivity index (χ0n) is 19.0. The van der Waals surface area contributed by atoms with Crippen LogP contribution in [0.25, 0.3) is 0 Å². The summed E-state index contributed by atoms with van der Waals surface area (Å²) in [4.78, 5) is 60.3. The monoisotopic (exact) mass is 478 g/mol. The predicted octanol–water partition coefficient (Wildman–Crippen LogP) is -1.88. The molecule has 0 heterocycles. The van der Waals surface area contributed by atoms with E-state index in [1.807, 2.05) is 0 Å². The molecule has 4 amide bonds. The van der Waals surface area contributed by atoms with E-state index >= 15 is 0 Å². The minimum atomic E-state index is -1.37. The number of carbonyl (C=O) groups excluding carboxylic acids is 4. The molecule has 0 aliphatic carbocycles. The topological polar surface area (TPSA) is 220 Å². The van der Waals surface area contributed by atoms with Gasteiger partial charge in [-0.3, -0.25) is 19.2 Å². The first-order chi connectivity index (χ1) is 16.2. The summed E-state index contributed by atoms with van der Waals surface area (Å²) in [5.74, 6) is -3.94. The van der Waals surface area contributed by atoms with E-state index in [9.17, 15) is 29.1 Å². The van der Waals surface area contributed by atoms with E-state index in [1.54, 1.807) is 30.3 Å². The van der Waals surface area contributed by atoms with Crippen molar-refractivity contribution < 1.29 is 29.1 Å². The van der Waals surface area contributed by atoms with Crippen LogP contribution in [0.1, 0.15) is 37.7 Å². The largest absolute Gasteiger partial charge is 0.480 e. The standard InChI is InChI=1S/C22H34N6O6/c23-11-5-4-8-15(26-19(30)13-24)20(31)28-17(12-14-6-2-1-3-7-14)21(32)27-16(22(33)34)9-10-18(25)29/h1-3,6-7,15-17H,4-5,8-13,23-24H2,(H2,25,29)(H,26,30)(H,27,32)(H,28,31)(H,33,34). The molecule has 0 fully saturated rings. The van der Waals surface area contributed by atoms with Crippen molar-refractivity contribution in [3.05, 3.63) is 35.9 Å². The number of primary amides is 1. The molecule has 0 radical (unpaired) electrons. The van der Waals surface area contributed by atoms with Crippen LogP contribution < -0.4 is 33.2 Å². The van der Waals surface area contributed by atoms with Crippen LogP contribution in [0.3, 0.4) is 0 Å². The van der Waals surface area contributed by atoms with Crippen LogP contribution >= 0.6 is 0 Å². The lowest BCUT2D eigenvalue weighted by Crippen LogP contribution is -2.56. The Labute approximate surface area is 198 Å². The number of benzene rings is 1. The first kappa shape index (κ1) is 28.5. The molecule has 34 heavy (non-hydrogen) atoms. The lowest BCUT2D eigenvalue weighted by Gasteiger charge is -2.24. The Morgan fingerprint density at radius 3 is 2.00 bits per heavy atom. The fraction of sp³-hybridized carbons (Fsp3) is 0.500. The van der Waals surface area contributed by atoms with E-state index in [1.165, 1.54) is 0 Å². The van der Waals surface area contributed by atoms with Crippen molar-refractivity contribution in [2.75, 3.05) is 13.1 Å². The zero-order valence-corrected chi connectivity index (χ0v) is 19.0. The van der Waals surface area contributed by atoms with Gasteiger partial charge in [0.2, 0.25) is 23.6 Å². The van der Waals surface area contributed by atoms with Gasteiger partial charge >= 0.3 is 5.97 Å². The Hall–Kier alpha value is -3.51. The number of nitrogens with two attached hydrogens (primary N) is 3. The Kier molecular flexibility index (Phi) is 12.9. The van der Waals surface area contributed by atoms with Gasteiger partial charge in [0.15, 0.2) is 0 Å². The number of carboxylic acid groups (broad SMARTS) is 1. The minimum absolute atomic E-state index is 0.0704. The molecule has 12 nitrogen and oxygen atoms in total. The van der Waals surface area contributed by atoms with Gasteiger partial charge in [-0.25, -0.2) is 4.79 Å². The summed E-state index contributed by atoms with van der Waals surface area (Å²) in [5, 5.41) is 16.9. The summed E-state index contributed by atoms with van der Waals surface area (Å²) >= 11 is 0. The van der Waals surface area contributed by atoms with Crippen molar-refractivity contribution in [3.63, 3.8) is 0 Å². The number of hydrogen-bond acceptors (Lipinski definition) is 7. The van der Waals surface area contributed by atoms with Crippen LogP contribution in [0.4, 0.5) is 0 Å². The van der Waals surface area contributed by atoms with E-state index in [4.69, 9.17) is 17.2 Å². The number of carbonyl (C=O) groups is 5. The molecule has 0 spiro atoms. The van der Waals surface area contributed by atoms with Gasteiger partial charge in [-0.05, 0) is 37.8 Å². The van der Waals surface area contributed by atoms with Gasteiger partial charge in [0.1, 0.15) is 18.1 Å². The average Bonchev–Trinajstić information content (AvgIpc) is 2.80.